The molecule has 0 radical (unpaired) electrons. The molecule has 1 aliphatic heterocycles. The van der Waals surface area contributed by atoms with Gasteiger partial charge in [0.25, 0.3) is 0 Å². The van der Waals surface area contributed by atoms with E-state index in [2.05, 4.69) is 9.97 Å². The molecule has 1 unspecified atom stereocenters. The fourth-order valence-corrected chi connectivity index (χ4v) is 1.81. The van der Waals surface area contributed by atoms with Gasteiger partial charge in [0, 0.05) is 13.0 Å². The summed E-state index contributed by atoms with van der Waals surface area (Å²) in [5.74, 6) is -1.07. The third-order valence-electron chi connectivity index (χ3n) is 2.55. The van der Waals surface area contributed by atoms with Gasteiger partial charge in [0.2, 0.25) is 17.1 Å². The highest BCUT2D eigenvalue weighted by molar-refractivity contribution is 6.28. The zero-order valence-corrected chi connectivity index (χ0v) is 9.52. The number of halogens is 1. The smallest absolute Gasteiger partial charge is 0.229 e. The first-order valence-corrected chi connectivity index (χ1v) is 5.24. The van der Waals surface area contributed by atoms with Gasteiger partial charge in [0.1, 0.15) is 0 Å². The zero-order chi connectivity index (χ0) is 12.6. The maximum atomic E-state index is 11.7. The van der Waals surface area contributed by atoms with Crippen molar-refractivity contribution in [3.05, 3.63) is 11.5 Å². The van der Waals surface area contributed by atoms with Gasteiger partial charge < -0.3 is 11.5 Å². The molecule has 0 bridgehead atoms. The van der Waals surface area contributed by atoms with E-state index < -0.39 is 11.8 Å². The molecule has 1 aliphatic rings. The van der Waals surface area contributed by atoms with E-state index in [-0.39, 0.29) is 35.7 Å². The van der Waals surface area contributed by atoms with Gasteiger partial charge in [-0.1, -0.05) is 0 Å². The average molecular weight is 256 g/mol. The molecule has 1 atom stereocenters. The molecule has 0 spiro atoms. The molecular weight excluding hydrogens is 246 g/mol. The molecule has 1 aromatic rings. The summed E-state index contributed by atoms with van der Waals surface area (Å²) >= 11 is 5.63. The molecule has 17 heavy (non-hydrogen) atoms. The van der Waals surface area contributed by atoms with E-state index in [1.807, 2.05) is 0 Å². The minimum atomic E-state index is -0.518. The lowest BCUT2D eigenvalue weighted by molar-refractivity contribution is -0.123. The van der Waals surface area contributed by atoms with Gasteiger partial charge in [-0.05, 0) is 11.6 Å². The minimum Gasteiger partial charge on any atom is -0.394 e. The summed E-state index contributed by atoms with van der Waals surface area (Å²) < 4.78 is 0. The predicted molar refractivity (Wildman–Crippen MR) is 61.1 cm³/mol. The fourth-order valence-electron chi connectivity index (χ4n) is 1.68. The number of amides is 2. The Balaban J connectivity index is 2.32. The number of rotatable bonds is 2. The van der Waals surface area contributed by atoms with E-state index in [4.69, 9.17) is 23.1 Å². The largest absolute Gasteiger partial charge is 0.394 e. The number of hydrogen-bond donors (Lipinski definition) is 2. The van der Waals surface area contributed by atoms with Crippen LogP contribution in [0.5, 0.6) is 0 Å². The van der Waals surface area contributed by atoms with Crippen LogP contribution in [0.25, 0.3) is 0 Å². The van der Waals surface area contributed by atoms with Gasteiger partial charge in [-0.15, -0.1) is 0 Å². The standard InChI is InChI=1S/C9H10ClN5O2/c10-9-13-2-5(11)8(14-9)15-3-4(7(12)17)1-6(15)16/h2,4H,1,3,11H2,(H2,12,17). The van der Waals surface area contributed by atoms with Crippen molar-refractivity contribution >= 4 is 34.9 Å². The van der Waals surface area contributed by atoms with Crippen LogP contribution in [-0.2, 0) is 9.59 Å². The summed E-state index contributed by atoms with van der Waals surface area (Å²) in [4.78, 5) is 31.6. The summed E-state index contributed by atoms with van der Waals surface area (Å²) in [6.07, 6.45) is 1.38. The Bertz CT molecular complexity index is 492. The first kappa shape index (κ1) is 11.6. The predicted octanol–water partition coefficient (Wildman–Crippen LogP) is -0.450. The molecule has 0 aliphatic carbocycles. The van der Waals surface area contributed by atoms with Gasteiger partial charge in [0.15, 0.2) is 5.82 Å². The number of aromatic nitrogens is 2. The molecule has 90 valence electrons. The van der Waals surface area contributed by atoms with Gasteiger partial charge in [-0.25, -0.2) is 4.98 Å². The van der Waals surface area contributed by atoms with E-state index in [1.165, 1.54) is 11.1 Å². The van der Waals surface area contributed by atoms with Crippen LogP contribution >= 0.6 is 11.6 Å². The third-order valence-corrected chi connectivity index (χ3v) is 2.73. The number of nitrogens with zero attached hydrogens (tertiary/aromatic N) is 3. The molecule has 8 heteroatoms. The maximum Gasteiger partial charge on any atom is 0.229 e. The number of hydrogen-bond acceptors (Lipinski definition) is 5. The van der Waals surface area contributed by atoms with E-state index in [9.17, 15) is 9.59 Å². The zero-order valence-electron chi connectivity index (χ0n) is 8.76. The Labute approximate surface area is 102 Å². The quantitative estimate of drug-likeness (QED) is 0.695. The topological polar surface area (TPSA) is 115 Å². The van der Waals surface area contributed by atoms with Crippen molar-refractivity contribution < 1.29 is 9.59 Å². The van der Waals surface area contributed by atoms with Gasteiger partial charge in [-0.2, -0.15) is 4.98 Å². The molecule has 0 saturated carbocycles. The number of carbonyl (C=O) groups excluding carboxylic acids is 2. The van der Waals surface area contributed by atoms with E-state index in [0.717, 1.165) is 0 Å². The van der Waals surface area contributed by atoms with Crippen LogP contribution < -0.4 is 16.4 Å². The number of carbonyl (C=O) groups is 2. The summed E-state index contributed by atoms with van der Waals surface area (Å²) in [6.45, 7) is 0.172. The average Bonchev–Trinajstić information content (AvgIpc) is 2.64. The summed E-state index contributed by atoms with van der Waals surface area (Å²) in [5, 5.41) is -0.00970. The van der Waals surface area contributed by atoms with Crippen molar-refractivity contribution in [3.8, 4) is 0 Å². The van der Waals surface area contributed by atoms with Gasteiger partial charge >= 0.3 is 0 Å². The van der Waals surface area contributed by atoms with Crippen molar-refractivity contribution in [1.29, 1.82) is 0 Å². The monoisotopic (exact) mass is 255 g/mol. The number of primary amides is 1. The highest BCUT2D eigenvalue weighted by Crippen LogP contribution is 2.28. The highest BCUT2D eigenvalue weighted by atomic mass is 35.5. The van der Waals surface area contributed by atoms with Crippen LogP contribution in [0.15, 0.2) is 6.20 Å². The van der Waals surface area contributed by atoms with E-state index in [0.29, 0.717) is 0 Å². The van der Waals surface area contributed by atoms with Crippen LogP contribution in [0.3, 0.4) is 0 Å². The number of nitrogens with two attached hydrogens (primary N) is 2. The summed E-state index contributed by atoms with van der Waals surface area (Å²) in [6, 6.07) is 0. The van der Waals surface area contributed by atoms with Crippen molar-refractivity contribution in [3.63, 3.8) is 0 Å². The normalized spacial score (nSPS) is 19.7. The second-order valence-electron chi connectivity index (χ2n) is 3.73. The second kappa shape index (κ2) is 4.17. The Hall–Kier alpha value is -1.89. The lowest BCUT2D eigenvalue weighted by Crippen LogP contribution is -2.29. The Morgan fingerprint density at radius 3 is 2.88 bits per heavy atom. The van der Waals surface area contributed by atoms with Gasteiger partial charge in [0.05, 0.1) is 17.8 Å². The molecular formula is C9H10ClN5O2. The third kappa shape index (κ3) is 2.14. The molecule has 2 rings (SSSR count). The highest BCUT2D eigenvalue weighted by Gasteiger charge is 2.35. The summed E-state index contributed by atoms with van der Waals surface area (Å²) in [5.41, 5.74) is 11.0. The molecule has 1 aromatic heterocycles. The Kier molecular flexibility index (Phi) is 2.84. The van der Waals surface area contributed by atoms with E-state index >= 15 is 0 Å². The van der Waals surface area contributed by atoms with Crippen molar-refractivity contribution in [2.45, 2.75) is 6.42 Å². The first-order chi connectivity index (χ1) is 7.99. The molecule has 1 saturated heterocycles. The lowest BCUT2D eigenvalue weighted by atomic mass is 10.1. The second-order valence-corrected chi connectivity index (χ2v) is 4.06. The van der Waals surface area contributed by atoms with Crippen LogP contribution in [0.4, 0.5) is 11.5 Å². The number of nitrogen functional groups attached to an aromatic ring is 1. The van der Waals surface area contributed by atoms with E-state index in [1.54, 1.807) is 0 Å². The molecule has 0 aromatic carbocycles. The van der Waals surface area contributed by atoms with Crippen molar-refractivity contribution in [2.75, 3.05) is 17.2 Å². The molecule has 1 fully saturated rings. The van der Waals surface area contributed by atoms with Crippen LogP contribution in [-0.4, -0.2) is 28.3 Å². The van der Waals surface area contributed by atoms with Crippen molar-refractivity contribution in [1.82, 2.24) is 9.97 Å². The summed E-state index contributed by atoms with van der Waals surface area (Å²) in [7, 11) is 0. The SMILES string of the molecule is NC(=O)C1CC(=O)N(c2nc(Cl)ncc2N)C1. The molecule has 7 nitrogen and oxygen atoms in total. The van der Waals surface area contributed by atoms with Crippen LogP contribution in [0.1, 0.15) is 6.42 Å². The van der Waals surface area contributed by atoms with Gasteiger partial charge in [-0.3, -0.25) is 14.5 Å². The molecule has 2 heterocycles. The number of anilines is 2. The Morgan fingerprint density at radius 1 is 1.59 bits per heavy atom. The first-order valence-electron chi connectivity index (χ1n) is 4.86. The Morgan fingerprint density at radius 2 is 2.29 bits per heavy atom. The molecule has 2 amide bonds. The fraction of sp³-hybridized carbons (Fsp3) is 0.333. The minimum absolute atomic E-state index is 0.00970. The van der Waals surface area contributed by atoms with Crippen LogP contribution in [0.2, 0.25) is 5.28 Å². The molecule has 4 N–H and O–H groups in total. The lowest BCUT2D eigenvalue weighted by Gasteiger charge is -2.16. The maximum absolute atomic E-state index is 11.7. The van der Waals surface area contributed by atoms with Crippen LogP contribution in [0, 0.1) is 5.92 Å². The van der Waals surface area contributed by atoms with Crippen molar-refractivity contribution in [2.24, 2.45) is 11.7 Å².